The molecule has 0 radical (unpaired) electrons. The highest BCUT2D eigenvalue weighted by molar-refractivity contribution is 5.80. The molecule has 0 atom stereocenters. The number of carbonyl (C=O) groups is 1. The Bertz CT molecular complexity index is 382. The first kappa shape index (κ1) is 11.4. The molecule has 1 heterocycles. The van der Waals surface area contributed by atoms with Crippen LogP contribution in [0.15, 0.2) is 0 Å². The van der Waals surface area contributed by atoms with Crippen molar-refractivity contribution in [2.45, 2.75) is 6.92 Å². The van der Waals surface area contributed by atoms with Crippen molar-refractivity contribution in [3.63, 3.8) is 0 Å². The molecule has 0 spiro atoms. The molecule has 7 heteroatoms. The van der Waals surface area contributed by atoms with Crippen LogP contribution in [-0.2, 0) is 4.79 Å². The standard InChI is InChI=1S/C8H6F4N2O/c1-3(15)2-13-6-4(9)7(11)14-8(12)5(6)10/h2H2,1H3,(H,13,14). The summed E-state index contributed by atoms with van der Waals surface area (Å²) in [6, 6.07) is 0. The van der Waals surface area contributed by atoms with Crippen LogP contribution in [0.2, 0.25) is 0 Å². The number of hydrogen-bond acceptors (Lipinski definition) is 3. The van der Waals surface area contributed by atoms with Crippen LogP contribution >= 0.6 is 0 Å². The third-order valence-corrected chi connectivity index (χ3v) is 1.51. The van der Waals surface area contributed by atoms with Crippen molar-refractivity contribution in [1.29, 1.82) is 0 Å². The number of aromatic nitrogens is 1. The van der Waals surface area contributed by atoms with Crippen molar-refractivity contribution in [3.8, 4) is 0 Å². The number of halogens is 4. The molecule has 0 fully saturated rings. The van der Waals surface area contributed by atoms with Crippen LogP contribution in [0.4, 0.5) is 23.2 Å². The molecule has 82 valence electrons. The second-order valence-electron chi connectivity index (χ2n) is 2.75. The van der Waals surface area contributed by atoms with E-state index in [0.29, 0.717) is 0 Å². The fourth-order valence-corrected chi connectivity index (χ4v) is 0.855. The summed E-state index contributed by atoms with van der Waals surface area (Å²) in [4.78, 5) is 12.9. The van der Waals surface area contributed by atoms with E-state index < -0.39 is 41.5 Å². The molecule has 15 heavy (non-hydrogen) atoms. The minimum atomic E-state index is -1.76. The third kappa shape index (κ3) is 2.42. The maximum atomic E-state index is 12.9. The number of nitrogens with zero attached hydrogens (tertiary/aromatic N) is 1. The summed E-state index contributed by atoms with van der Waals surface area (Å²) < 4.78 is 50.8. The monoisotopic (exact) mass is 222 g/mol. The maximum absolute atomic E-state index is 12.9. The highest BCUT2D eigenvalue weighted by Crippen LogP contribution is 2.21. The Hall–Kier alpha value is -1.66. The minimum absolute atomic E-state index is 0.434. The predicted octanol–water partition coefficient (Wildman–Crippen LogP) is 1.64. The Morgan fingerprint density at radius 3 is 2.07 bits per heavy atom. The Morgan fingerprint density at radius 1 is 1.20 bits per heavy atom. The summed E-state index contributed by atoms with van der Waals surface area (Å²) >= 11 is 0. The molecular formula is C8H6F4N2O. The van der Waals surface area contributed by atoms with Crippen LogP contribution in [0, 0.1) is 23.5 Å². The molecule has 3 nitrogen and oxygen atoms in total. The third-order valence-electron chi connectivity index (χ3n) is 1.51. The van der Waals surface area contributed by atoms with Crippen molar-refractivity contribution in [2.24, 2.45) is 0 Å². The van der Waals surface area contributed by atoms with E-state index in [0.717, 1.165) is 6.92 Å². The van der Waals surface area contributed by atoms with Gasteiger partial charge in [0.05, 0.1) is 6.54 Å². The number of hydrogen-bond donors (Lipinski definition) is 1. The van der Waals surface area contributed by atoms with Crippen LogP contribution < -0.4 is 5.32 Å². The number of rotatable bonds is 3. The van der Waals surface area contributed by atoms with Crippen LogP contribution in [-0.4, -0.2) is 17.3 Å². The number of ketones is 1. The molecule has 1 rings (SSSR count). The molecule has 0 aliphatic carbocycles. The van der Waals surface area contributed by atoms with E-state index in [9.17, 15) is 22.4 Å². The molecule has 0 saturated carbocycles. The normalized spacial score (nSPS) is 10.2. The summed E-state index contributed by atoms with van der Waals surface area (Å²) in [6.45, 7) is 0.716. The lowest BCUT2D eigenvalue weighted by Crippen LogP contribution is -2.14. The maximum Gasteiger partial charge on any atom is 0.253 e. The van der Waals surface area contributed by atoms with Crippen molar-refractivity contribution in [3.05, 3.63) is 23.5 Å². The number of carbonyl (C=O) groups excluding carboxylic acids is 1. The van der Waals surface area contributed by atoms with Gasteiger partial charge < -0.3 is 5.32 Å². The van der Waals surface area contributed by atoms with Crippen molar-refractivity contribution < 1.29 is 22.4 Å². The fourth-order valence-electron chi connectivity index (χ4n) is 0.855. The highest BCUT2D eigenvalue weighted by Gasteiger charge is 2.20. The second kappa shape index (κ2) is 4.24. The van der Waals surface area contributed by atoms with E-state index in [-0.39, 0.29) is 0 Å². The van der Waals surface area contributed by atoms with Gasteiger partial charge in [0.2, 0.25) is 11.6 Å². The molecule has 0 aromatic carbocycles. The van der Waals surface area contributed by atoms with Gasteiger partial charge in [-0.05, 0) is 6.92 Å². The van der Waals surface area contributed by atoms with E-state index in [1.807, 2.05) is 5.32 Å². The van der Waals surface area contributed by atoms with Gasteiger partial charge in [-0.2, -0.15) is 22.5 Å². The quantitative estimate of drug-likeness (QED) is 0.624. The van der Waals surface area contributed by atoms with E-state index in [2.05, 4.69) is 4.98 Å². The van der Waals surface area contributed by atoms with Gasteiger partial charge in [-0.3, -0.25) is 4.79 Å². The Labute approximate surface area is 82.1 Å². The zero-order chi connectivity index (χ0) is 11.6. The van der Waals surface area contributed by atoms with Gasteiger partial charge in [0.15, 0.2) is 0 Å². The van der Waals surface area contributed by atoms with Crippen LogP contribution in [0.3, 0.4) is 0 Å². The van der Waals surface area contributed by atoms with E-state index in [4.69, 9.17) is 0 Å². The zero-order valence-corrected chi connectivity index (χ0v) is 7.57. The summed E-state index contributed by atoms with van der Waals surface area (Å²) in [7, 11) is 0. The number of Topliss-reactive ketones (excluding diaryl/α,β-unsaturated/α-hetero) is 1. The zero-order valence-electron chi connectivity index (χ0n) is 7.57. The van der Waals surface area contributed by atoms with Crippen molar-refractivity contribution in [2.75, 3.05) is 11.9 Å². The molecule has 0 amide bonds. The first-order valence-corrected chi connectivity index (χ1v) is 3.86. The topological polar surface area (TPSA) is 42.0 Å². The smallest absolute Gasteiger partial charge is 0.253 e. The van der Waals surface area contributed by atoms with Gasteiger partial charge in [-0.25, -0.2) is 0 Å². The largest absolute Gasteiger partial charge is 0.373 e. The second-order valence-corrected chi connectivity index (χ2v) is 2.75. The lowest BCUT2D eigenvalue weighted by Gasteiger charge is -2.07. The average molecular weight is 222 g/mol. The van der Waals surface area contributed by atoms with Crippen molar-refractivity contribution in [1.82, 2.24) is 4.98 Å². The minimum Gasteiger partial charge on any atom is -0.373 e. The van der Waals surface area contributed by atoms with Gasteiger partial charge >= 0.3 is 0 Å². The first-order chi connectivity index (χ1) is 6.93. The van der Waals surface area contributed by atoms with E-state index >= 15 is 0 Å². The molecule has 0 bridgehead atoms. The molecule has 1 N–H and O–H groups in total. The SMILES string of the molecule is CC(=O)CNc1c(F)c(F)nc(F)c1F. The van der Waals surface area contributed by atoms with Gasteiger partial charge in [0.25, 0.3) is 11.9 Å². The summed E-state index contributed by atoms with van der Waals surface area (Å²) in [6.07, 6.45) is 0. The van der Waals surface area contributed by atoms with Gasteiger partial charge in [-0.1, -0.05) is 0 Å². The molecule has 0 saturated heterocycles. The molecule has 0 aliphatic rings. The Balaban J connectivity index is 3.09. The molecule has 1 aromatic rings. The lowest BCUT2D eigenvalue weighted by molar-refractivity contribution is -0.115. The number of nitrogens with one attached hydrogen (secondary N) is 1. The van der Waals surface area contributed by atoms with E-state index in [1.54, 1.807) is 0 Å². The van der Waals surface area contributed by atoms with Gasteiger partial charge in [-0.15, -0.1) is 0 Å². The fraction of sp³-hybridized carbons (Fsp3) is 0.250. The van der Waals surface area contributed by atoms with Crippen molar-refractivity contribution >= 4 is 11.5 Å². The molecule has 0 unspecified atom stereocenters. The molecular weight excluding hydrogens is 216 g/mol. The average Bonchev–Trinajstić information content (AvgIpc) is 2.14. The van der Waals surface area contributed by atoms with Crippen LogP contribution in [0.25, 0.3) is 0 Å². The number of anilines is 1. The Kier molecular flexibility index (Phi) is 3.23. The highest BCUT2D eigenvalue weighted by atomic mass is 19.2. The lowest BCUT2D eigenvalue weighted by atomic mass is 10.3. The summed E-state index contributed by atoms with van der Waals surface area (Å²) in [5, 5.41) is 1.94. The predicted molar refractivity (Wildman–Crippen MR) is 43.2 cm³/mol. The number of pyridine rings is 1. The van der Waals surface area contributed by atoms with Crippen LogP contribution in [0.1, 0.15) is 6.92 Å². The van der Waals surface area contributed by atoms with Gasteiger partial charge in [0, 0.05) is 0 Å². The Morgan fingerprint density at radius 2 is 1.67 bits per heavy atom. The summed E-state index contributed by atoms with van der Waals surface area (Å²) in [5.41, 5.74) is -1.03. The van der Waals surface area contributed by atoms with E-state index in [1.165, 1.54) is 0 Å². The molecule has 1 aromatic heterocycles. The summed E-state index contributed by atoms with van der Waals surface area (Å²) in [5.74, 6) is -7.28. The molecule has 0 aliphatic heterocycles. The first-order valence-electron chi connectivity index (χ1n) is 3.86. The van der Waals surface area contributed by atoms with Gasteiger partial charge in [0.1, 0.15) is 11.5 Å². The van der Waals surface area contributed by atoms with Crippen LogP contribution in [0.5, 0.6) is 0 Å².